The molecule has 2 saturated heterocycles. The Balaban J connectivity index is 1.59. The second-order valence-electron chi connectivity index (χ2n) is 5.77. The van der Waals surface area contributed by atoms with Crippen LogP contribution in [0.2, 0.25) is 0 Å². The standard InChI is InChI=1S/C13H17N5O5/c1-8-7-17(13(20)23-8)9-2-4-16(5-3-9)12(19)10-6-11(15-14-10)18(21)22/h6,8-9H,2-5,7H2,1H3,(H,14,15). The van der Waals surface area contributed by atoms with E-state index in [0.717, 1.165) is 6.07 Å². The Bertz CT molecular complexity index is 636. The van der Waals surface area contributed by atoms with Crippen molar-refractivity contribution in [1.29, 1.82) is 0 Å². The lowest BCUT2D eigenvalue weighted by molar-refractivity contribution is -0.389. The van der Waals surface area contributed by atoms with Crippen LogP contribution < -0.4 is 0 Å². The molecule has 1 N–H and O–H groups in total. The molecule has 3 rings (SSSR count). The maximum atomic E-state index is 12.3. The molecule has 0 saturated carbocycles. The SMILES string of the molecule is CC1CN(C2CCN(C(=O)c3cc([N+](=O)[O-])[nH]n3)CC2)C(=O)O1. The number of rotatable bonds is 3. The number of nitrogens with zero attached hydrogens (tertiary/aromatic N) is 4. The van der Waals surface area contributed by atoms with Crippen LogP contribution >= 0.6 is 0 Å². The zero-order valence-corrected chi connectivity index (χ0v) is 12.6. The van der Waals surface area contributed by atoms with Crippen molar-refractivity contribution in [2.45, 2.75) is 31.9 Å². The summed E-state index contributed by atoms with van der Waals surface area (Å²) in [4.78, 5) is 37.3. The second-order valence-corrected chi connectivity index (χ2v) is 5.77. The first kappa shape index (κ1) is 15.3. The lowest BCUT2D eigenvalue weighted by Crippen LogP contribution is -2.47. The van der Waals surface area contributed by atoms with Gasteiger partial charge in [0.2, 0.25) is 0 Å². The number of aromatic amines is 1. The smallest absolute Gasteiger partial charge is 0.410 e. The first-order valence-corrected chi connectivity index (χ1v) is 7.42. The minimum atomic E-state index is -0.629. The van der Waals surface area contributed by atoms with Gasteiger partial charge < -0.3 is 24.7 Å². The maximum absolute atomic E-state index is 12.3. The highest BCUT2D eigenvalue weighted by molar-refractivity contribution is 5.92. The third kappa shape index (κ3) is 2.96. The van der Waals surface area contributed by atoms with Crippen LogP contribution in [0.5, 0.6) is 0 Å². The largest absolute Gasteiger partial charge is 0.444 e. The molecular weight excluding hydrogens is 306 g/mol. The molecule has 3 heterocycles. The molecule has 2 amide bonds. The van der Waals surface area contributed by atoms with E-state index in [0.29, 0.717) is 32.5 Å². The molecule has 10 nitrogen and oxygen atoms in total. The highest BCUT2D eigenvalue weighted by Crippen LogP contribution is 2.23. The summed E-state index contributed by atoms with van der Waals surface area (Å²) in [6.45, 7) is 3.37. The maximum Gasteiger partial charge on any atom is 0.410 e. The molecule has 0 aliphatic carbocycles. The molecule has 0 radical (unpaired) electrons. The molecule has 23 heavy (non-hydrogen) atoms. The fourth-order valence-corrected chi connectivity index (χ4v) is 2.98. The van der Waals surface area contributed by atoms with Crippen molar-refractivity contribution in [2.75, 3.05) is 19.6 Å². The van der Waals surface area contributed by atoms with Gasteiger partial charge in [0.1, 0.15) is 6.10 Å². The van der Waals surface area contributed by atoms with Gasteiger partial charge in [-0.25, -0.2) is 4.79 Å². The second kappa shape index (κ2) is 5.86. The monoisotopic (exact) mass is 323 g/mol. The van der Waals surface area contributed by atoms with Gasteiger partial charge >= 0.3 is 11.9 Å². The summed E-state index contributed by atoms with van der Waals surface area (Å²) in [5.41, 5.74) is 0.0318. The van der Waals surface area contributed by atoms with Gasteiger partial charge in [0.05, 0.1) is 12.6 Å². The Morgan fingerprint density at radius 3 is 2.70 bits per heavy atom. The predicted octanol–water partition coefficient (Wildman–Crippen LogP) is 0.763. The van der Waals surface area contributed by atoms with E-state index in [1.165, 1.54) is 0 Å². The zero-order chi connectivity index (χ0) is 16.6. The quantitative estimate of drug-likeness (QED) is 0.647. The first-order chi connectivity index (χ1) is 11.0. The van der Waals surface area contributed by atoms with Crippen LogP contribution in [-0.4, -0.2) is 68.7 Å². The molecule has 2 aliphatic heterocycles. The normalized spacial score (nSPS) is 22.3. The van der Waals surface area contributed by atoms with Crippen molar-refractivity contribution >= 4 is 17.8 Å². The van der Waals surface area contributed by atoms with E-state index < -0.39 is 4.92 Å². The van der Waals surface area contributed by atoms with Crippen LogP contribution in [0, 0.1) is 10.1 Å². The Hall–Kier alpha value is -2.65. The van der Waals surface area contributed by atoms with Gasteiger partial charge in [-0.3, -0.25) is 4.79 Å². The summed E-state index contributed by atoms with van der Waals surface area (Å²) in [5.74, 6) is -0.651. The number of nitro groups is 1. The molecule has 124 valence electrons. The Morgan fingerprint density at radius 2 is 2.17 bits per heavy atom. The number of carbonyl (C=O) groups is 2. The number of amides is 2. The topological polar surface area (TPSA) is 122 Å². The van der Waals surface area contributed by atoms with Crippen molar-refractivity contribution < 1.29 is 19.2 Å². The summed E-state index contributed by atoms with van der Waals surface area (Å²) in [7, 11) is 0. The third-order valence-corrected chi connectivity index (χ3v) is 4.16. The summed E-state index contributed by atoms with van der Waals surface area (Å²) < 4.78 is 5.12. The number of likely N-dealkylation sites (tertiary alicyclic amines) is 1. The number of ether oxygens (including phenoxy) is 1. The molecular formula is C13H17N5O5. The molecule has 0 bridgehead atoms. The Kier molecular flexibility index (Phi) is 3.89. The molecule has 1 aromatic rings. The van der Waals surface area contributed by atoms with Crippen LogP contribution in [0.25, 0.3) is 0 Å². The molecule has 1 unspecified atom stereocenters. The number of H-pyrrole nitrogens is 1. The lowest BCUT2D eigenvalue weighted by Gasteiger charge is -2.35. The van der Waals surface area contributed by atoms with Gasteiger partial charge in [-0.15, -0.1) is 5.10 Å². The van der Waals surface area contributed by atoms with Crippen molar-refractivity contribution in [3.05, 3.63) is 21.9 Å². The van der Waals surface area contributed by atoms with Gasteiger partial charge in [-0.05, 0) is 24.7 Å². The number of carbonyl (C=O) groups excluding carboxylic acids is 2. The van der Waals surface area contributed by atoms with E-state index >= 15 is 0 Å². The highest BCUT2D eigenvalue weighted by atomic mass is 16.6. The van der Waals surface area contributed by atoms with E-state index in [1.54, 1.807) is 9.80 Å². The van der Waals surface area contributed by atoms with E-state index in [4.69, 9.17) is 4.74 Å². The van der Waals surface area contributed by atoms with Crippen LogP contribution in [-0.2, 0) is 4.74 Å². The van der Waals surface area contributed by atoms with Gasteiger partial charge in [0.25, 0.3) is 5.91 Å². The predicted molar refractivity (Wildman–Crippen MR) is 76.8 cm³/mol. The number of cyclic esters (lactones) is 1. The first-order valence-electron chi connectivity index (χ1n) is 7.42. The third-order valence-electron chi connectivity index (χ3n) is 4.16. The number of piperidine rings is 1. The van der Waals surface area contributed by atoms with Crippen LogP contribution in [0.1, 0.15) is 30.3 Å². The minimum absolute atomic E-state index is 0.0318. The summed E-state index contributed by atoms with van der Waals surface area (Å²) in [6.07, 6.45) is 0.900. The van der Waals surface area contributed by atoms with E-state index in [1.807, 2.05) is 6.92 Å². The van der Waals surface area contributed by atoms with Crippen LogP contribution in [0.4, 0.5) is 10.6 Å². The van der Waals surface area contributed by atoms with Gasteiger partial charge in [0, 0.05) is 19.1 Å². The Morgan fingerprint density at radius 1 is 1.48 bits per heavy atom. The van der Waals surface area contributed by atoms with E-state index in [-0.39, 0.29) is 35.7 Å². The van der Waals surface area contributed by atoms with Crippen molar-refractivity contribution in [3.8, 4) is 0 Å². The molecule has 1 aromatic heterocycles. The summed E-state index contributed by atoms with van der Waals surface area (Å²) in [6, 6.07) is 1.19. The van der Waals surface area contributed by atoms with Crippen LogP contribution in [0.3, 0.4) is 0 Å². The molecule has 0 spiro atoms. The Labute approximate surface area is 131 Å². The van der Waals surface area contributed by atoms with Crippen molar-refractivity contribution in [3.63, 3.8) is 0 Å². The van der Waals surface area contributed by atoms with Gasteiger partial charge in [-0.2, -0.15) is 0 Å². The van der Waals surface area contributed by atoms with E-state index in [9.17, 15) is 19.7 Å². The summed E-state index contributed by atoms with van der Waals surface area (Å²) in [5, 5.41) is 16.5. The van der Waals surface area contributed by atoms with Crippen molar-refractivity contribution in [2.24, 2.45) is 0 Å². The summed E-state index contributed by atoms with van der Waals surface area (Å²) >= 11 is 0. The molecule has 10 heteroatoms. The van der Waals surface area contributed by atoms with Gasteiger partial charge in [-0.1, -0.05) is 5.10 Å². The zero-order valence-electron chi connectivity index (χ0n) is 12.6. The average Bonchev–Trinajstić information content (AvgIpc) is 3.13. The molecule has 2 fully saturated rings. The number of nitrogens with one attached hydrogen (secondary N) is 1. The fourth-order valence-electron chi connectivity index (χ4n) is 2.98. The lowest BCUT2D eigenvalue weighted by atomic mass is 10.0. The fraction of sp³-hybridized carbons (Fsp3) is 0.615. The van der Waals surface area contributed by atoms with E-state index in [2.05, 4.69) is 10.2 Å². The van der Waals surface area contributed by atoms with Crippen molar-refractivity contribution in [1.82, 2.24) is 20.0 Å². The average molecular weight is 323 g/mol. The van der Waals surface area contributed by atoms with Crippen LogP contribution in [0.15, 0.2) is 6.07 Å². The number of hydrogen-bond donors (Lipinski definition) is 1. The molecule has 0 aromatic carbocycles. The molecule has 2 aliphatic rings. The molecule has 1 atom stereocenters. The van der Waals surface area contributed by atoms with Gasteiger partial charge in [0.15, 0.2) is 5.69 Å². The highest BCUT2D eigenvalue weighted by Gasteiger charge is 2.36. The number of hydrogen-bond acceptors (Lipinski definition) is 6. The minimum Gasteiger partial charge on any atom is -0.444 e. The number of aromatic nitrogens is 2.